The van der Waals surface area contributed by atoms with Crippen LogP contribution in [0.3, 0.4) is 0 Å². The molecule has 2 N–H and O–H groups in total. The average molecular weight is 369 g/mol. The molecule has 2 heterocycles. The molecule has 0 radical (unpaired) electrons. The van der Waals surface area contributed by atoms with Crippen molar-refractivity contribution in [1.29, 1.82) is 0 Å². The lowest BCUT2D eigenvalue weighted by Gasteiger charge is -2.27. The molecule has 0 saturated carbocycles. The molecule has 0 spiro atoms. The number of ether oxygens (including phenoxy) is 2. The molecule has 0 bridgehead atoms. The van der Waals surface area contributed by atoms with Gasteiger partial charge in [0.15, 0.2) is 0 Å². The second-order valence-corrected chi connectivity index (χ2v) is 7.36. The Bertz CT molecular complexity index is 711. The Balaban J connectivity index is 1.51. The summed E-state index contributed by atoms with van der Waals surface area (Å²) in [5.74, 6) is 0. The molecule has 2 aliphatic rings. The summed E-state index contributed by atoms with van der Waals surface area (Å²) in [5.41, 5.74) is 2.18. The van der Waals surface area contributed by atoms with Gasteiger partial charge in [-0.05, 0) is 17.5 Å². The zero-order valence-corrected chi connectivity index (χ0v) is 15.4. The zero-order valence-electron chi connectivity index (χ0n) is 15.4. The summed E-state index contributed by atoms with van der Waals surface area (Å²) in [6.45, 7) is 1.68. The van der Waals surface area contributed by atoms with Gasteiger partial charge in [0.05, 0.1) is 38.0 Å². The number of nitrogens with zero attached hydrogens (tertiary/aromatic N) is 1. The van der Waals surface area contributed by atoms with E-state index in [0.29, 0.717) is 19.6 Å². The summed E-state index contributed by atoms with van der Waals surface area (Å²) < 4.78 is 12.5. The lowest BCUT2D eigenvalue weighted by atomic mass is 10.0. The van der Waals surface area contributed by atoms with E-state index < -0.39 is 6.10 Å². The SMILES string of the molecule is OC[C@@H]1[C@@H](OCc2ccccc2)[C@H](OCc2ccccc2)[C@H]2[C@@H](O)CCN21. The van der Waals surface area contributed by atoms with Crippen LogP contribution in [0.1, 0.15) is 17.5 Å². The van der Waals surface area contributed by atoms with Crippen LogP contribution in [0.2, 0.25) is 0 Å². The third-order valence-corrected chi connectivity index (χ3v) is 5.68. The molecule has 2 saturated heterocycles. The van der Waals surface area contributed by atoms with Crippen LogP contribution in [0.4, 0.5) is 0 Å². The average Bonchev–Trinajstić information content (AvgIpc) is 3.23. The molecule has 0 aromatic heterocycles. The number of benzene rings is 2. The number of rotatable bonds is 7. The van der Waals surface area contributed by atoms with E-state index in [4.69, 9.17) is 9.47 Å². The third-order valence-electron chi connectivity index (χ3n) is 5.68. The van der Waals surface area contributed by atoms with Crippen molar-refractivity contribution in [2.24, 2.45) is 0 Å². The molecular formula is C22H27NO4. The zero-order chi connectivity index (χ0) is 18.6. The first-order valence-corrected chi connectivity index (χ1v) is 9.63. The standard InChI is InChI=1S/C22H27NO4/c24-13-18-21(26-14-16-7-3-1-4-8-16)22(20-19(25)11-12-23(18)20)27-15-17-9-5-2-6-10-17/h1-10,18-22,24-25H,11-15H2/t18-,19+,20-,21-,22-/m1/s1. The lowest BCUT2D eigenvalue weighted by Crippen LogP contribution is -2.41. The van der Waals surface area contributed by atoms with E-state index in [2.05, 4.69) is 4.90 Å². The number of aliphatic hydroxyl groups excluding tert-OH is 2. The quantitative estimate of drug-likeness (QED) is 0.781. The van der Waals surface area contributed by atoms with E-state index in [1.165, 1.54) is 0 Å². The van der Waals surface area contributed by atoms with Crippen LogP contribution in [0.15, 0.2) is 60.7 Å². The molecule has 0 amide bonds. The molecule has 144 valence electrons. The molecule has 2 aromatic carbocycles. The predicted molar refractivity (Wildman–Crippen MR) is 102 cm³/mol. The normalized spacial score (nSPS) is 30.5. The highest BCUT2D eigenvalue weighted by Gasteiger charge is 2.55. The predicted octanol–water partition coefficient (Wildman–Crippen LogP) is 1.97. The van der Waals surface area contributed by atoms with Crippen LogP contribution in [0, 0.1) is 0 Å². The van der Waals surface area contributed by atoms with E-state index in [0.717, 1.165) is 17.7 Å². The van der Waals surface area contributed by atoms with Gasteiger partial charge in [-0.3, -0.25) is 4.90 Å². The molecular weight excluding hydrogens is 342 g/mol. The van der Waals surface area contributed by atoms with Crippen molar-refractivity contribution in [2.75, 3.05) is 13.2 Å². The van der Waals surface area contributed by atoms with Crippen molar-refractivity contribution in [3.63, 3.8) is 0 Å². The third kappa shape index (κ3) is 3.93. The fraction of sp³-hybridized carbons (Fsp3) is 0.455. The molecule has 5 nitrogen and oxygen atoms in total. The van der Waals surface area contributed by atoms with Crippen molar-refractivity contribution < 1.29 is 19.7 Å². The molecule has 4 rings (SSSR count). The summed E-state index contributed by atoms with van der Waals surface area (Å²) in [6.07, 6.45) is -0.301. The van der Waals surface area contributed by atoms with E-state index in [1.54, 1.807) is 0 Å². The van der Waals surface area contributed by atoms with E-state index >= 15 is 0 Å². The Hall–Kier alpha value is -1.76. The van der Waals surface area contributed by atoms with Gasteiger partial charge in [0, 0.05) is 6.54 Å². The molecule has 0 unspecified atom stereocenters. The molecule has 5 heteroatoms. The van der Waals surface area contributed by atoms with Gasteiger partial charge >= 0.3 is 0 Å². The first kappa shape index (κ1) is 18.6. The Labute approximate surface area is 160 Å². The van der Waals surface area contributed by atoms with Crippen molar-refractivity contribution in [2.45, 2.75) is 50.0 Å². The Morgan fingerprint density at radius 1 is 0.852 bits per heavy atom. The van der Waals surface area contributed by atoms with Crippen LogP contribution in [0.5, 0.6) is 0 Å². The van der Waals surface area contributed by atoms with Gasteiger partial charge in [-0.25, -0.2) is 0 Å². The maximum atomic E-state index is 10.5. The van der Waals surface area contributed by atoms with Gasteiger partial charge in [-0.15, -0.1) is 0 Å². The minimum absolute atomic E-state index is 0.00608. The highest BCUT2D eigenvalue weighted by molar-refractivity contribution is 5.16. The topological polar surface area (TPSA) is 62.2 Å². The van der Waals surface area contributed by atoms with Crippen molar-refractivity contribution in [3.8, 4) is 0 Å². The van der Waals surface area contributed by atoms with Crippen molar-refractivity contribution >= 4 is 0 Å². The van der Waals surface area contributed by atoms with Crippen LogP contribution < -0.4 is 0 Å². The van der Waals surface area contributed by atoms with Gasteiger partial charge in [0.25, 0.3) is 0 Å². The molecule has 5 atom stereocenters. The molecule has 2 fully saturated rings. The highest BCUT2D eigenvalue weighted by Crippen LogP contribution is 2.37. The molecule has 0 aliphatic carbocycles. The Morgan fingerprint density at radius 3 is 1.96 bits per heavy atom. The van der Waals surface area contributed by atoms with Gasteiger partial charge in [-0.2, -0.15) is 0 Å². The summed E-state index contributed by atoms with van der Waals surface area (Å²) in [7, 11) is 0. The number of hydrogen-bond donors (Lipinski definition) is 2. The Morgan fingerprint density at radius 2 is 1.41 bits per heavy atom. The first-order valence-electron chi connectivity index (χ1n) is 9.63. The number of aliphatic hydroxyl groups is 2. The minimum Gasteiger partial charge on any atom is -0.395 e. The minimum atomic E-state index is -0.454. The van der Waals surface area contributed by atoms with Gasteiger partial charge in [0.1, 0.15) is 12.2 Å². The van der Waals surface area contributed by atoms with Crippen LogP contribution >= 0.6 is 0 Å². The van der Waals surface area contributed by atoms with E-state index in [1.807, 2.05) is 60.7 Å². The molecule has 27 heavy (non-hydrogen) atoms. The first-order chi connectivity index (χ1) is 13.3. The molecule has 2 aliphatic heterocycles. The highest BCUT2D eigenvalue weighted by atomic mass is 16.5. The smallest absolute Gasteiger partial charge is 0.104 e. The maximum Gasteiger partial charge on any atom is 0.104 e. The molecule has 2 aromatic rings. The number of hydrogen-bond acceptors (Lipinski definition) is 5. The maximum absolute atomic E-state index is 10.5. The van der Waals surface area contributed by atoms with E-state index in [-0.39, 0.29) is 30.9 Å². The second kappa shape index (κ2) is 8.50. The fourth-order valence-corrected chi connectivity index (χ4v) is 4.36. The second-order valence-electron chi connectivity index (χ2n) is 7.36. The lowest BCUT2D eigenvalue weighted by molar-refractivity contribution is -0.0919. The van der Waals surface area contributed by atoms with Crippen molar-refractivity contribution in [1.82, 2.24) is 4.90 Å². The monoisotopic (exact) mass is 369 g/mol. The summed E-state index contributed by atoms with van der Waals surface area (Å²) in [6, 6.07) is 19.7. The fourth-order valence-electron chi connectivity index (χ4n) is 4.36. The van der Waals surface area contributed by atoms with Crippen LogP contribution in [0.25, 0.3) is 0 Å². The largest absolute Gasteiger partial charge is 0.395 e. The van der Waals surface area contributed by atoms with Gasteiger partial charge in [0.2, 0.25) is 0 Å². The summed E-state index contributed by atoms with van der Waals surface area (Å²) >= 11 is 0. The van der Waals surface area contributed by atoms with Crippen LogP contribution in [-0.2, 0) is 22.7 Å². The Kier molecular flexibility index (Phi) is 5.86. The van der Waals surface area contributed by atoms with E-state index in [9.17, 15) is 10.2 Å². The van der Waals surface area contributed by atoms with Gasteiger partial charge in [-0.1, -0.05) is 60.7 Å². The summed E-state index contributed by atoms with van der Waals surface area (Å²) in [5, 5.41) is 20.5. The number of fused-ring (bicyclic) bond motifs is 1. The van der Waals surface area contributed by atoms with Gasteiger partial charge < -0.3 is 19.7 Å². The summed E-state index contributed by atoms with van der Waals surface area (Å²) in [4.78, 5) is 2.16. The van der Waals surface area contributed by atoms with Crippen LogP contribution in [-0.4, -0.2) is 58.7 Å². The van der Waals surface area contributed by atoms with Crippen molar-refractivity contribution in [3.05, 3.63) is 71.8 Å².